The Morgan fingerprint density at radius 3 is 2.53 bits per heavy atom. The van der Waals surface area contributed by atoms with Gasteiger partial charge in [0, 0.05) is 11.8 Å². The van der Waals surface area contributed by atoms with Crippen LogP contribution in [0.4, 0.5) is 11.6 Å². The number of aromatic nitrogens is 4. The number of amides is 1. The van der Waals surface area contributed by atoms with Crippen LogP contribution in [0.25, 0.3) is 0 Å². The molecule has 0 spiro atoms. The lowest BCUT2D eigenvalue weighted by Gasteiger charge is -2.28. The van der Waals surface area contributed by atoms with Gasteiger partial charge in [-0.3, -0.25) is 4.79 Å². The van der Waals surface area contributed by atoms with Crippen molar-refractivity contribution in [3.8, 4) is 11.5 Å². The lowest BCUT2D eigenvalue weighted by atomic mass is 9.92. The van der Waals surface area contributed by atoms with E-state index in [0.717, 1.165) is 5.56 Å². The van der Waals surface area contributed by atoms with Gasteiger partial charge in [0.2, 0.25) is 5.95 Å². The zero-order chi connectivity index (χ0) is 22.8. The number of hydrogen-bond donors (Lipinski definition) is 2. The van der Waals surface area contributed by atoms with Gasteiger partial charge < -0.3 is 20.1 Å². The topological polar surface area (TPSA) is 103 Å². The molecule has 0 bridgehead atoms. The number of methoxy groups -OCH3 is 2. The second kappa shape index (κ2) is 8.70. The van der Waals surface area contributed by atoms with Gasteiger partial charge in [-0.2, -0.15) is 4.68 Å². The maximum Gasteiger partial charge on any atom is 0.255 e. The first-order valence-corrected chi connectivity index (χ1v) is 10.3. The Hall–Kier alpha value is -3.88. The first-order valence-electron chi connectivity index (χ1n) is 10.3. The second-order valence-corrected chi connectivity index (χ2v) is 7.85. The number of ether oxygens (including phenoxy) is 2. The van der Waals surface area contributed by atoms with E-state index in [1.807, 2.05) is 19.1 Å². The Morgan fingerprint density at radius 1 is 1.12 bits per heavy atom. The molecule has 0 fully saturated rings. The van der Waals surface area contributed by atoms with Gasteiger partial charge in [-0.1, -0.05) is 43.2 Å². The van der Waals surface area contributed by atoms with E-state index in [1.54, 1.807) is 37.1 Å². The third kappa shape index (κ3) is 3.89. The predicted molar refractivity (Wildman–Crippen MR) is 121 cm³/mol. The summed E-state index contributed by atoms with van der Waals surface area (Å²) in [5.41, 5.74) is 3.81. The molecule has 1 atom stereocenters. The van der Waals surface area contributed by atoms with Crippen LogP contribution in [0.15, 0.2) is 53.7 Å². The number of hydrogen-bond acceptors (Lipinski definition) is 7. The molecule has 2 aromatic carbocycles. The molecule has 166 valence electrons. The number of allylic oxidation sites excluding steroid dienone is 1. The van der Waals surface area contributed by atoms with Crippen LogP contribution in [0.5, 0.6) is 11.5 Å². The molecular weight excluding hydrogens is 408 g/mol. The minimum atomic E-state index is -0.487. The van der Waals surface area contributed by atoms with Crippen molar-refractivity contribution in [3.63, 3.8) is 0 Å². The molecule has 3 aromatic rings. The van der Waals surface area contributed by atoms with Crippen molar-refractivity contribution in [2.75, 3.05) is 24.9 Å². The van der Waals surface area contributed by atoms with Gasteiger partial charge in [-0.25, -0.2) is 0 Å². The Bertz CT molecular complexity index is 1170. The average molecular weight is 435 g/mol. The van der Waals surface area contributed by atoms with Gasteiger partial charge in [-0.15, -0.1) is 0 Å². The molecule has 1 unspecified atom stereocenters. The third-order valence-electron chi connectivity index (χ3n) is 5.53. The Morgan fingerprint density at radius 2 is 1.88 bits per heavy atom. The fraction of sp³-hybridized carbons (Fsp3) is 0.304. The first-order chi connectivity index (χ1) is 15.4. The molecule has 32 heavy (non-hydrogen) atoms. The number of anilines is 2. The summed E-state index contributed by atoms with van der Waals surface area (Å²) < 4.78 is 12.3. The van der Waals surface area contributed by atoms with Crippen LogP contribution < -0.4 is 20.1 Å². The standard InChI is InChI=1S/C23H26N6O3/c1-13(2)15-6-8-16(9-7-15)21-20(14(3)24-23-26-27-28-29(21)23)22(30)25-18-12-17(31-4)10-11-19(18)32-5/h6-13,21H,1-5H3,(H,25,30)(H,24,26,28). The molecule has 0 aliphatic carbocycles. The van der Waals surface area contributed by atoms with E-state index in [4.69, 9.17) is 9.47 Å². The van der Waals surface area contributed by atoms with E-state index in [9.17, 15) is 4.79 Å². The molecule has 9 nitrogen and oxygen atoms in total. The van der Waals surface area contributed by atoms with Crippen molar-refractivity contribution in [3.05, 3.63) is 64.9 Å². The number of tetrazole rings is 1. The monoisotopic (exact) mass is 434 g/mol. The number of fused-ring (bicyclic) bond motifs is 1. The third-order valence-corrected chi connectivity index (χ3v) is 5.53. The fourth-order valence-electron chi connectivity index (χ4n) is 3.78. The lowest BCUT2D eigenvalue weighted by molar-refractivity contribution is -0.113. The highest BCUT2D eigenvalue weighted by Gasteiger charge is 2.34. The SMILES string of the molecule is COc1ccc(OC)c(NC(=O)C2=C(C)Nc3nnnn3C2c2ccc(C(C)C)cc2)c1. The van der Waals surface area contributed by atoms with E-state index < -0.39 is 6.04 Å². The van der Waals surface area contributed by atoms with Gasteiger partial charge in [0.25, 0.3) is 5.91 Å². The van der Waals surface area contributed by atoms with Crippen LogP contribution in [0.2, 0.25) is 0 Å². The molecule has 1 aromatic heterocycles. The molecule has 2 N–H and O–H groups in total. The molecule has 4 rings (SSSR count). The molecule has 0 radical (unpaired) electrons. The minimum absolute atomic E-state index is 0.291. The zero-order valence-corrected chi connectivity index (χ0v) is 18.7. The van der Waals surface area contributed by atoms with Crippen molar-refractivity contribution in [2.45, 2.75) is 32.7 Å². The van der Waals surface area contributed by atoms with Gasteiger partial charge in [0.15, 0.2) is 0 Å². The van der Waals surface area contributed by atoms with Crippen LogP contribution in [0, 0.1) is 0 Å². The highest BCUT2D eigenvalue weighted by molar-refractivity contribution is 6.06. The summed E-state index contributed by atoms with van der Waals surface area (Å²) in [5, 5.41) is 18.1. The summed E-state index contributed by atoms with van der Waals surface area (Å²) >= 11 is 0. The van der Waals surface area contributed by atoms with Crippen LogP contribution >= 0.6 is 0 Å². The lowest BCUT2D eigenvalue weighted by Crippen LogP contribution is -2.31. The summed E-state index contributed by atoms with van der Waals surface area (Å²) in [6.45, 7) is 6.12. The molecule has 2 heterocycles. The van der Waals surface area contributed by atoms with Gasteiger partial charge >= 0.3 is 0 Å². The van der Waals surface area contributed by atoms with Crippen LogP contribution in [-0.2, 0) is 4.79 Å². The van der Waals surface area contributed by atoms with Crippen molar-refractivity contribution >= 4 is 17.5 Å². The molecule has 1 amide bonds. The fourth-order valence-corrected chi connectivity index (χ4v) is 3.78. The van der Waals surface area contributed by atoms with Crippen molar-refractivity contribution in [1.82, 2.24) is 20.2 Å². The van der Waals surface area contributed by atoms with E-state index in [2.05, 4.69) is 52.1 Å². The quantitative estimate of drug-likeness (QED) is 0.609. The molecule has 9 heteroatoms. The van der Waals surface area contributed by atoms with Crippen molar-refractivity contribution in [2.24, 2.45) is 0 Å². The molecular formula is C23H26N6O3. The van der Waals surface area contributed by atoms with Crippen LogP contribution in [-0.4, -0.2) is 40.3 Å². The number of nitrogens with one attached hydrogen (secondary N) is 2. The molecule has 0 saturated carbocycles. The smallest absolute Gasteiger partial charge is 0.255 e. The Balaban J connectivity index is 1.74. The minimum Gasteiger partial charge on any atom is -0.497 e. The summed E-state index contributed by atoms with van der Waals surface area (Å²) in [5.74, 6) is 1.73. The number of carbonyl (C=O) groups is 1. The van der Waals surface area contributed by atoms with Crippen molar-refractivity contribution < 1.29 is 14.3 Å². The van der Waals surface area contributed by atoms with Crippen LogP contribution in [0.3, 0.4) is 0 Å². The number of benzene rings is 2. The summed E-state index contributed by atoms with van der Waals surface area (Å²) in [6.07, 6.45) is 0. The molecule has 0 saturated heterocycles. The number of carbonyl (C=O) groups excluding carboxylic acids is 1. The number of nitrogens with zero attached hydrogens (tertiary/aromatic N) is 4. The molecule has 1 aliphatic heterocycles. The normalized spacial score (nSPS) is 15.2. The maximum atomic E-state index is 13.5. The Labute approximate surface area is 186 Å². The average Bonchev–Trinajstić information content (AvgIpc) is 3.26. The van der Waals surface area contributed by atoms with Crippen molar-refractivity contribution in [1.29, 1.82) is 0 Å². The van der Waals surface area contributed by atoms with E-state index >= 15 is 0 Å². The second-order valence-electron chi connectivity index (χ2n) is 7.85. The predicted octanol–water partition coefficient (Wildman–Crippen LogP) is 3.74. The largest absolute Gasteiger partial charge is 0.497 e. The van der Waals surface area contributed by atoms with Gasteiger partial charge in [-0.05, 0) is 46.5 Å². The number of rotatable bonds is 6. The van der Waals surface area contributed by atoms with E-state index in [0.29, 0.717) is 40.3 Å². The molecule has 1 aliphatic rings. The summed E-state index contributed by atoms with van der Waals surface area (Å²) in [6, 6.07) is 12.9. The highest BCUT2D eigenvalue weighted by atomic mass is 16.5. The first kappa shape index (κ1) is 21.4. The maximum absolute atomic E-state index is 13.5. The Kier molecular flexibility index (Phi) is 5.81. The highest BCUT2D eigenvalue weighted by Crippen LogP contribution is 2.36. The van der Waals surface area contributed by atoms with Crippen LogP contribution in [0.1, 0.15) is 43.9 Å². The summed E-state index contributed by atoms with van der Waals surface area (Å²) in [7, 11) is 3.12. The summed E-state index contributed by atoms with van der Waals surface area (Å²) in [4.78, 5) is 13.5. The van der Waals surface area contributed by atoms with Gasteiger partial charge in [0.05, 0.1) is 25.5 Å². The zero-order valence-electron chi connectivity index (χ0n) is 18.7. The van der Waals surface area contributed by atoms with Gasteiger partial charge in [0.1, 0.15) is 17.5 Å². The van der Waals surface area contributed by atoms with E-state index in [-0.39, 0.29) is 5.91 Å². The van der Waals surface area contributed by atoms with E-state index in [1.165, 1.54) is 5.56 Å².